The van der Waals surface area contributed by atoms with E-state index in [-0.39, 0.29) is 50.5 Å². The first-order chi connectivity index (χ1) is 30.0. The minimum atomic E-state index is -1.33. The lowest BCUT2D eigenvalue weighted by Gasteiger charge is -2.26. The molecule has 0 aromatic carbocycles. The SMILES string of the molecule is CC(C)C[C@H](NC(=O)CNC(=O)[C@H](CC(C)C)NC(=O)[C@H](CCC(N)=O)NC(=O)CNC(=O)[C@H](C)N)C(=O)N[C@@H](C)C(=O)NCC(=O)N1CCC[C@H]1C(=O)N[C@@H](CCCCN)C(=O)O. The van der Waals surface area contributed by atoms with E-state index in [1.54, 1.807) is 27.7 Å². The fourth-order valence-electron chi connectivity index (χ4n) is 6.50. The zero-order valence-electron chi connectivity index (χ0n) is 37.7. The summed E-state index contributed by atoms with van der Waals surface area (Å²) in [7, 11) is 0. The summed E-state index contributed by atoms with van der Waals surface area (Å²) in [6, 6.07) is -7.85. The van der Waals surface area contributed by atoms with Gasteiger partial charge in [0, 0.05) is 13.0 Å². The van der Waals surface area contributed by atoms with Gasteiger partial charge in [0.1, 0.15) is 36.3 Å². The molecular weight excluding hydrogens is 841 g/mol. The van der Waals surface area contributed by atoms with Crippen molar-refractivity contribution in [3.05, 3.63) is 0 Å². The first-order valence-corrected chi connectivity index (χ1v) is 21.6. The van der Waals surface area contributed by atoms with Crippen LogP contribution in [0.5, 0.6) is 0 Å². The van der Waals surface area contributed by atoms with Crippen molar-refractivity contribution in [1.29, 1.82) is 0 Å². The van der Waals surface area contributed by atoms with E-state index in [4.69, 9.17) is 17.2 Å². The molecule has 0 aromatic rings. The molecule has 1 heterocycles. The first kappa shape index (κ1) is 56.1. The number of aliphatic carboxylic acids is 1. The normalized spacial score (nSPS) is 16.2. The number of hydrogen-bond acceptors (Lipinski definition) is 13. The van der Waals surface area contributed by atoms with Crippen molar-refractivity contribution < 1.29 is 57.8 Å². The Hall–Kier alpha value is -5.91. The number of hydrogen-bond donors (Lipinski definition) is 12. The number of carbonyl (C=O) groups excluding carboxylic acids is 10. The van der Waals surface area contributed by atoms with E-state index in [1.807, 2.05) is 0 Å². The van der Waals surface area contributed by atoms with Crippen LogP contribution in [0.1, 0.15) is 99.3 Å². The number of amides is 10. The van der Waals surface area contributed by atoms with E-state index in [1.165, 1.54) is 18.7 Å². The third-order valence-corrected chi connectivity index (χ3v) is 9.89. The number of rotatable bonds is 29. The Labute approximate surface area is 373 Å². The average molecular weight is 911 g/mol. The van der Waals surface area contributed by atoms with Crippen LogP contribution >= 0.6 is 0 Å². The molecule has 15 N–H and O–H groups in total. The van der Waals surface area contributed by atoms with Gasteiger partial charge in [-0.05, 0) is 83.6 Å². The Balaban J connectivity index is 2.87. The Morgan fingerprint density at radius 1 is 0.625 bits per heavy atom. The molecule has 24 nitrogen and oxygen atoms in total. The van der Waals surface area contributed by atoms with Crippen LogP contribution in [-0.2, 0) is 52.7 Å². The van der Waals surface area contributed by atoms with Crippen LogP contribution in [0.25, 0.3) is 0 Å². The van der Waals surface area contributed by atoms with Crippen LogP contribution in [0.2, 0.25) is 0 Å². The van der Waals surface area contributed by atoms with E-state index < -0.39 is 127 Å². The number of carboxylic acids is 1. The summed E-state index contributed by atoms with van der Waals surface area (Å²) < 4.78 is 0. The lowest BCUT2D eigenvalue weighted by Crippen LogP contribution is -2.57. The second kappa shape index (κ2) is 28.7. The molecule has 0 spiro atoms. The van der Waals surface area contributed by atoms with Crippen LogP contribution in [0, 0.1) is 11.8 Å². The Bertz CT molecular complexity index is 1660. The second-order valence-corrected chi connectivity index (χ2v) is 16.7. The number of nitrogens with zero attached hydrogens (tertiary/aromatic N) is 1. The molecular formula is C40H70N12O12. The van der Waals surface area contributed by atoms with E-state index in [9.17, 15) is 57.8 Å². The Morgan fingerprint density at radius 3 is 1.69 bits per heavy atom. The third-order valence-electron chi connectivity index (χ3n) is 9.89. The molecule has 64 heavy (non-hydrogen) atoms. The van der Waals surface area contributed by atoms with Gasteiger partial charge in [-0.25, -0.2) is 4.79 Å². The minimum Gasteiger partial charge on any atom is -0.480 e. The molecule has 1 rings (SSSR count). The average Bonchev–Trinajstić information content (AvgIpc) is 3.71. The van der Waals surface area contributed by atoms with Crippen molar-refractivity contribution in [3.63, 3.8) is 0 Å². The molecule has 7 atom stereocenters. The molecule has 10 amide bonds. The summed E-state index contributed by atoms with van der Waals surface area (Å²) in [4.78, 5) is 141. The van der Waals surface area contributed by atoms with Gasteiger partial charge >= 0.3 is 5.97 Å². The number of unbranched alkanes of at least 4 members (excludes halogenated alkanes) is 1. The summed E-state index contributed by atoms with van der Waals surface area (Å²) in [5, 5.41) is 29.2. The highest BCUT2D eigenvalue weighted by Gasteiger charge is 2.36. The van der Waals surface area contributed by atoms with Gasteiger partial charge in [-0.15, -0.1) is 0 Å². The molecule has 24 heteroatoms. The van der Waals surface area contributed by atoms with Gasteiger partial charge in [-0.1, -0.05) is 27.7 Å². The predicted octanol–water partition coefficient (Wildman–Crippen LogP) is -4.31. The van der Waals surface area contributed by atoms with Gasteiger partial charge in [0.15, 0.2) is 0 Å². The molecule has 0 unspecified atom stereocenters. The molecule has 1 saturated heterocycles. The number of carboxylic acid groups (broad SMARTS) is 1. The van der Waals surface area contributed by atoms with Crippen LogP contribution in [0.4, 0.5) is 0 Å². The monoisotopic (exact) mass is 911 g/mol. The summed E-state index contributed by atoms with van der Waals surface area (Å²) in [6.45, 7) is 8.85. The van der Waals surface area contributed by atoms with Crippen molar-refractivity contribution in [1.82, 2.24) is 47.4 Å². The summed E-state index contributed by atoms with van der Waals surface area (Å²) in [6.07, 6.45) is 1.74. The molecule has 0 aliphatic carbocycles. The summed E-state index contributed by atoms with van der Waals surface area (Å²) in [5.41, 5.74) is 16.2. The van der Waals surface area contributed by atoms with E-state index in [0.717, 1.165) is 0 Å². The molecule has 0 saturated carbocycles. The fraction of sp³-hybridized carbons (Fsp3) is 0.725. The topological polar surface area (TPSA) is 386 Å². The standard InChI is InChI=1S/C40H70N12O12/c1-21(2)16-27(51-37(60)25(12-13-30(43)53)48-31(54)18-44-34(57)23(5)42)36(59)45-19-32(55)49-28(17-22(3)4)38(61)47-24(6)35(58)46-20-33(56)52-15-9-11-29(52)39(62)50-26(40(63)64)10-7-8-14-41/h21-29H,7-20,41-42H2,1-6H3,(H2,43,53)(H,44,57)(H,45,59)(H,46,58)(H,47,61)(H,48,54)(H,49,55)(H,50,62)(H,51,60)(H,63,64)/t23-,24-,25-,26-,27-,28-,29-/m0/s1. The fourth-order valence-corrected chi connectivity index (χ4v) is 6.50. The molecule has 0 radical (unpaired) electrons. The van der Waals surface area contributed by atoms with Crippen molar-refractivity contribution in [2.75, 3.05) is 32.7 Å². The number of nitrogens with two attached hydrogens (primary N) is 3. The maximum Gasteiger partial charge on any atom is 0.326 e. The van der Waals surface area contributed by atoms with Gasteiger partial charge in [-0.3, -0.25) is 47.9 Å². The number of primary amides is 1. The molecule has 1 aliphatic rings. The Morgan fingerprint density at radius 2 is 1.16 bits per heavy atom. The minimum absolute atomic E-state index is 0.0984. The lowest BCUT2D eigenvalue weighted by molar-refractivity contribution is -0.144. The Kier molecular flexibility index (Phi) is 25.2. The van der Waals surface area contributed by atoms with Crippen molar-refractivity contribution >= 4 is 65.0 Å². The highest BCUT2D eigenvalue weighted by Crippen LogP contribution is 2.18. The van der Waals surface area contributed by atoms with Crippen LogP contribution < -0.4 is 59.7 Å². The smallest absolute Gasteiger partial charge is 0.326 e. The van der Waals surface area contributed by atoms with Gasteiger partial charge < -0.3 is 69.7 Å². The van der Waals surface area contributed by atoms with Crippen molar-refractivity contribution in [3.8, 4) is 0 Å². The van der Waals surface area contributed by atoms with Gasteiger partial charge in [0.25, 0.3) is 0 Å². The highest BCUT2D eigenvalue weighted by atomic mass is 16.4. The first-order valence-electron chi connectivity index (χ1n) is 21.6. The zero-order chi connectivity index (χ0) is 48.7. The number of nitrogens with one attached hydrogen (secondary N) is 8. The molecule has 0 aromatic heterocycles. The predicted molar refractivity (Wildman–Crippen MR) is 231 cm³/mol. The second-order valence-electron chi connectivity index (χ2n) is 16.7. The summed E-state index contributed by atoms with van der Waals surface area (Å²) in [5.74, 6) is -8.68. The van der Waals surface area contributed by atoms with E-state index in [0.29, 0.717) is 32.2 Å². The highest BCUT2D eigenvalue weighted by molar-refractivity contribution is 5.97. The van der Waals surface area contributed by atoms with Crippen LogP contribution in [-0.4, -0.2) is 150 Å². The third kappa shape index (κ3) is 21.4. The molecule has 0 bridgehead atoms. The largest absolute Gasteiger partial charge is 0.480 e. The lowest BCUT2D eigenvalue weighted by atomic mass is 10.0. The summed E-state index contributed by atoms with van der Waals surface area (Å²) >= 11 is 0. The van der Waals surface area contributed by atoms with Crippen LogP contribution in [0.3, 0.4) is 0 Å². The molecule has 362 valence electrons. The molecule has 1 aliphatic heterocycles. The van der Waals surface area contributed by atoms with E-state index in [2.05, 4.69) is 42.5 Å². The maximum atomic E-state index is 13.3. The maximum absolute atomic E-state index is 13.3. The van der Waals surface area contributed by atoms with Gasteiger partial charge in [-0.2, -0.15) is 0 Å². The van der Waals surface area contributed by atoms with Gasteiger partial charge in [0.05, 0.1) is 25.7 Å². The van der Waals surface area contributed by atoms with Crippen molar-refractivity contribution in [2.45, 2.75) is 142 Å². The number of carbonyl (C=O) groups is 11. The van der Waals surface area contributed by atoms with Crippen molar-refractivity contribution in [2.24, 2.45) is 29.0 Å². The van der Waals surface area contributed by atoms with Crippen LogP contribution in [0.15, 0.2) is 0 Å². The van der Waals surface area contributed by atoms with Gasteiger partial charge in [0.2, 0.25) is 59.1 Å². The molecule has 1 fully saturated rings. The van der Waals surface area contributed by atoms with E-state index >= 15 is 0 Å². The zero-order valence-corrected chi connectivity index (χ0v) is 37.7. The number of likely N-dealkylation sites (tertiary alicyclic amines) is 1. The quantitative estimate of drug-likeness (QED) is 0.0316.